The number of halogens is 2. The summed E-state index contributed by atoms with van der Waals surface area (Å²) < 4.78 is 40.5. The van der Waals surface area contributed by atoms with Crippen LogP contribution >= 0.6 is 12.4 Å². The first-order chi connectivity index (χ1) is 12.5. The summed E-state index contributed by atoms with van der Waals surface area (Å²) in [5.74, 6) is -0.241. The summed E-state index contributed by atoms with van der Waals surface area (Å²) in [6, 6.07) is 13.8. The molecular weight excluding hydrogens is 387 g/mol. The van der Waals surface area contributed by atoms with Gasteiger partial charge in [0.15, 0.2) is 0 Å². The summed E-state index contributed by atoms with van der Waals surface area (Å²) in [4.78, 5) is 2.52. The number of aryl methyl sites for hydroxylation is 1. The molecule has 0 N–H and O–H groups in total. The number of hydrogen-bond donors (Lipinski definition) is 0. The minimum Gasteiger partial charge on any atom is -0.296 e. The molecule has 148 valence electrons. The van der Waals surface area contributed by atoms with Gasteiger partial charge in [0.1, 0.15) is 5.82 Å². The molecule has 0 unspecified atom stereocenters. The smallest absolute Gasteiger partial charge is 0.243 e. The molecule has 0 aliphatic carbocycles. The molecule has 2 aromatic rings. The van der Waals surface area contributed by atoms with Crippen LogP contribution in [0.4, 0.5) is 4.39 Å². The van der Waals surface area contributed by atoms with E-state index in [4.69, 9.17) is 0 Å². The van der Waals surface area contributed by atoms with Crippen molar-refractivity contribution in [3.63, 3.8) is 0 Å². The van der Waals surface area contributed by atoms with Gasteiger partial charge in [-0.25, -0.2) is 12.8 Å². The van der Waals surface area contributed by atoms with Crippen molar-refractivity contribution in [2.75, 3.05) is 26.2 Å². The molecule has 0 aromatic heterocycles. The van der Waals surface area contributed by atoms with Crippen LogP contribution in [0, 0.1) is 5.82 Å². The lowest BCUT2D eigenvalue weighted by Gasteiger charge is -2.34. The number of benzene rings is 2. The van der Waals surface area contributed by atoms with Gasteiger partial charge in [0.25, 0.3) is 0 Å². The molecule has 1 aliphatic rings. The van der Waals surface area contributed by atoms with Gasteiger partial charge in [-0.3, -0.25) is 4.90 Å². The molecular formula is C20H26ClFN2O2S. The topological polar surface area (TPSA) is 40.6 Å². The van der Waals surface area contributed by atoms with Crippen molar-refractivity contribution >= 4 is 22.4 Å². The second-order valence-corrected chi connectivity index (χ2v) is 8.64. The van der Waals surface area contributed by atoms with E-state index in [0.29, 0.717) is 37.6 Å². The average molecular weight is 413 g/mol. The predicted molar refractivity (Wildman–Crippen MR) is 108 cm³/mol. The second-order valence-electron chi connectivity index (χ2n) is 6.70. The summed E-state index contributed by atoms with van der Waals surface area (Å²) in [6.07, 6.45) is 2.00. The Labute approximate surface area is 167 Å². The molecule has 1 saturated heterocycles. The molecule has 2 aromatic carbocycles. The van der Waals surface area contributed by atoms with Crippen LogP contribution in [0.25, 0.3) is 0 Å². The Kier molecular flexibility index (Phi) is 7.79. The zero-order valence-electron chi connectivity index (χ0n) is 15.5. The fourth-order valence-corrected chi connectivity index (χ4v) is 4.71. The fourth-order valence-electron chi connectivity index (χ4n) is 3.29. The third-order valence-electron chi connectivity index (χ3n) is 4.73. The van der Waals surface area contributed by atoms with Crippen LogP contribution in [0.3, 0.4) is 0 Å². The zero-order chi connectivity index (χ0) is 18.6. The highest BCUT2D eigenvalue weighted by atomic mass is 35.5. The molecule has 7 heteroatoms. The monoisotopic (exact) mass is 412 g/mol. The largest absolute Gasteiger partial charge is 0.296 e. The van der Waals surface area contributed by atoms with Crippen LogP contribution in [-0.2, 0) is 23.0 Å². The van der Waals surface area contributed by atoms with E-state index in [1.807, 2.05) is 18.2 Å². The molecule has 0 spiro atoms. The standard InChI is InChI=1S/C20H25FN2O2S.ClH/c1-2-4-17-7-9-20(10-8-17)26(24,25)23-13-11-22(12-14-23)16-18-5-3-6-19(21)15-18;/h3,5-10,15H,2,4,11-14,16H2,1H3;1H. The van der Waals surface area contributed by atoms with Crippen LogP contribution in [0.1, 0.15) is 24.5 Å². The lowest BCUT2D eigenvalue weighted by atomic mass is 10.1. The van der Waals surface area contributed by atoms with Crippen LogP contribution in [0.5, 0.6) is 0 Å². The van der Waals surface area contributed by atoms with Crippen molar-refractivity contribution in [2.24, 2.45) is 0 Å². The summed E-state index contributed by atoms with van der Waals surface area (Å²) >= 11 is 0. The third kappa shape index (κ3) is 5.51. The van der Waals surface area contributed by atoms with Crippen LogP contribution < -0.4 is 0 Å². The van der Waals surface area contributed by atoms with Crippen molar-refractivity contribution in [3.05, 3.63) is 65.5 Å². The maximum Gasteiger partial charge on any atom is 0.243 e. The van der Waals surface area contributed by atoms with E-state index in [1.54, 1.807) is 22.5 Å². The van der Waals surface area contributed by atoms with E-state index in [2.05, 4.69) is 11.8 Å². The molecule has 1 fully saturated rings. The second kappa shape index (κ2) is 9.64. The summed E-state index contributed by atoms with van der Waals surface area (Å²) in [5.41, 5.74) is 2.07. The van der Waals surface area contributed by atoms with E-state index < -0.39 is 10.0 Å². The lowest BCUT2D eigenvalue weighted by molar-refractivity contribution is 0.181. The van der Waals surface area contributed by atoms with Crippen LogP contribution in [0.15, 0.2) is 53.4 Å². The molecule has 0 radical (unpaired) electrons. The maximum absolute atomic E-state index is 13.3. The highest BCUT2D eigenvalue weighted by Gasteiger charge is 2.28. The van der Waals surface area contributed by atoms with Gasteiger partial charge < -0.3 is 0 Å². The van der Waals surface area contributed by atoms with Crippen molar-refractivity contribution in [1.29, 1.82) is 0 Å². The predicted octanol–water partition coefficient (Wildman–Crippen LogP) is 3.71. The molecule has 4 nitrogen and oxygen atoms in total. The highest BCUT2D eigenvalue weighted by Crippen LogP contribution is 2.19. The highest BCUT2D eigenvalue weighted by molar-refractivity contribution is 7.89. The Hall–Kier alpha value is -1.47. The molecule has 0 bridgehead atoms. The molecule has 1 aliphatic heterocycles. The van der Waals surface area contributed by atoms with Crippen molar-refractivity contribution < 1.29 is 12.8 Å². The molecule has 3 rings (SSSR count). The SMILES string of the molecule is CCCc1ccc(S(=O)(=O)N2CCN(Cc3cccc(F)c3)CC2)cc1.Cl. The van der Waals surface area contributed by atoms with Gasteiger partial charge in [-0.15, -0.1) is 12.4 Å². The minimum atomic E-state index is -3.45. The van der Waals surface area contributed by atoms with Gasteiger partial charge in [0.2, 0.25) is 10.0 Å². The lowest BCUT2D eigenvalue weighted by Crippen LogP contribution is -2.48. The number of hydrogen-bond acceptors (Lipinski definition) is 3. The first kappa shape index (κ1) is 21.8. The summed E-state index contributed by atoms with van der Waals surface area (Å²) in [6.45, 7) is 4.93. The number of nitrogens with zero attached hydrogens (tertiary/aromatic N) is 2. The quantitative estimate of drug-likeness (QED) is 0.726. The molecule has 0 atom stereocenters. The minimum absolute atomic E-state index is 0. The Morgan fingerprint density at radius 2 is 1.63 bits per heavy atom. The maximum atomic E-state index is 13.3. The van der Waals surface area contributed by atoms with Gasteiger partial charge in [-0.2, -0.15) is 4.31 Å². The summed E-state index contributed by atoms with van der Waals surface area (Å²) in [5, 5.41) is 0. The van der Waals surface area contributed by atoms with Crippen molar-refractivity contribution in [1.82, 2.24) is 9.21 Å². The van der Waals surface area contributed by atoms with E-state index in [-0.39, 0.29) is 18.2 Å². The van der Waals surface area contributed by atoms with Gasteiger partial charge in [0.05, 0.1) is 4.90 Å². The zero-order valence-corrected chi connectivity index (χ0v) is 17.1. The molecule has 1 heterocycles. The van der Waals surface area contributed by atoms with Gasteiger partial charge in [-0.1, -0.05) is 37.6 Å². The fraction of sp³-hybridized carbons (Fsp3) is 0.400. The van der Waals surface area contributed by atoms with Crippen LogP contribution in [-0.4, -0.2) is 43.8 Å². The van der Waals surface area contributed by atoms with Crippen molar-refractivity contribution in [3.8, 4) is 0 Å². The first-order valence-electron chi connectivity index (χ1n) is 9.05. The molecule has 0 amide bonds. The van der Waals surface area contributed by atoms with Crippen LogP contribution in [0.2, 0.25) is 0 Å². The van der Waals surface area contributed by atoms with E-state index >= 15 is 0 Å². The Morgan fingerprint density at radius 1 is 0.963 bits per heavy atom. The third-order valence-corrected chi connectivity index (χ3v) is 6.64. The van der Waals surface area contributed by atoms with Crippen molar-refractivity contribution in [2.45, 2.75) is 31.2 Å². The Morgan fingerprint density at radius 3 is 2.22 bits per heavy atom. The Bertz CT molecular complexity index is 835. The van der Waals surface area contributed by atoms with Gasteiger partial charge in [-0.05, 0) is 41.8 Å². The molecule has 27 heavy (non-hydrogen) atoms. The van der Waals surface area contributed by atoms with E-state index in [0.717, 1.165) is 24.0 Å². The first-order valence-corrected chi connectivity index (χ1v) is 10.5. The number of sulfonamides is 1. The number of rotatable bonds is 6. The average Bonchev–Trinajstić information content (AvgIpc) is 2.63. The van der Waals surface area contributed by atoms with Gasteiger partial charge in [0, 0.05) is 32.7 Å². The molecule has 0 saturated carbocycles. The summed E-state index contributed by atoms with van der Waals surface area (Å²) in [7, 11) is -3.45. The van der Waals surface area contributed by atoms with Gasteiger partial charge >= 0.3 is 0 Å². The normalized spacial score (nSPS) is 16.1. The van der Waals surface area contributed by atoms with E-state index in [9.17, 15) is 12.8 Å². The Balaban J connectivity index is 0.00000261. The number of piperazine rings is 1. The van der Waals surface area contributed by atoms with E-state index in [1.165, 1.54) is 12.1 Å².